The van der Waals surface area contributed by atoms with Gasteiger partial charge in [0.15, 0.2) is 0 Å². The van der Waals surface area contributed by atoms with Crippen LogP contribution in [-0.4, -0.2) is 35.4 Å². The zero-order chi connectivity index (χ0) is 17.7. The number of methoxy groups -OCH3 is 1. The summed E-state index contributed by atoms with van der Waals surface area (Å²) >= 11 is 11.6. The zero-order valence-corrected chi connectivity index (χ0v) is 14.2. The fourth-order valence-electron chi connectivity index (χ4n) is 1.99. The number of halogens is 2. The molecule has 2 rings (SSSR count). The molecular formula is C16H14Cl2N2O4. The number of amides is 1. The Hall–Kier alpha value is -2.31. The summed E-state index contributed by atoms with van der Waals surface area (Å²) in [5.74, 6) is -1.03. The molecule has 1 N–H and O–H groups in total. The van der Waals surface area contributed by atoms with Crippen LogP contribution in [0.1, 0.15) is 15.9 Å². The second kappa shape index (κ2) is 7.99. The van der Waals surface area contributed by atoms with Crippen molar-refractivity contribution < 1.29 is 14.3 Å². The number of carbonyl (C=O) groups excluding carboxylic acids is 2. The van der Waals surface area contributed by atoms with Crippen LogP contribution in [0.25, 0.3) is 0 Å². The summed E-state index contributed by atoms with van der Waals surface area (Å²) in [4.78, 5) is 39.2. The molecule has 0 spiro atoms. The van der Waals surface area contributed by atoms with Crippen LogP contribution < -0.4 is 5.56 Å². The highest BCUT2D eigenvalue weighted by Gasteiger charge is 2.20. The van der Waals surface area contributed by atoms with E-state index >= 15 is 0 Å². The molecule has 0 aliphatic rings. The van der Waals surface area contributed by atoms with Crippen molar-refractivity contribution in [2.24, 2.45) is 0 Å². The summed E-state index contributed by atoms with van der Waals surface area (Å²) in [7, 11) is 1.24. The highest BCUT2D eigenvalue weighted by Crippen LogP contribution is 2.14. The topological polar surface area (TPSA) is 79.5 Å². The molecular weight excluding hydrogens is 355 g/mol. The number of aromatic amines is 1. The standard InChI is InChI=1S/C16H14Cl2N2O4/c1-24-14(21)9-20(8-10-2-4-12(17)5-3-10)16(23)11-6-13(18)15(22)19-7-11/h2-7H,8-9H2,1H3,(H,19,22). The highest BCUT2D eigenvalue weighted by atomic mass is 35.5. The van der Waals surface area contributed by atoms with Gasteiger partial charge in [-0.25, -0.2) is 0 Å². The van der Waals surface area contributed by atoms with Gasteiger partial charge in [0.1, 0.15) is 11.6 Å². The molecule has 24 heavy (non-hydrogen) atoms. The number of nitrogens with one attached hydrogen (secondary N) is 1. The van der Waals surface area contributed by atoms with Crippen LogP contribution in [0.3, 0.4) is 0 Å². The van der Waals surface area contributed by atoms with Crippen LogP contribution in [-0.2, 0) is 16.1 Å². The number of rotatable bonds is 5. The van der Waals surface area contributed by atoms with E-state index in [1.54, 1.807) is 24.3 Å². The van der Waals surface area contributed by atoms with Gasteiger partial charge in [0, 0.05) is 17.8 Å². The van der Waals surface area contributed by atoms with Crippen molar-refractivity contribution in [2.75, 3.05) is 13.7 Å². The maximum absolute atomic E-state index is 12.6. The van der Waals surface area contributed by atoms with E-state index in [-0.39, 0.29) is 23.7 Å². The zero-order valence-electron chi connectivity index (χ0n) is 12.7. The molecule has 0 aliphatic heterocycles. The smallest absolute Gasteiger partial charge is 0.325 e. The second-order valence-electron chi connectivity index (χ2n) is 4.93. The van der Waals surface area contributed by atoms with Crippen LogP contribution in [0, 0.1) is 0 Å². The quantitative estimate of drug-likeness (QED) is 0.822. The molecule has 0 saturated carbocycles. The fraction of sp³-hybridized carbons (Fsp3) is 0.188. The minimum absolute atomic E-state index is 0.106. The number of H-pyrrole nitrogens is 1. The molecule has 6 nitrogen and oxygen atoms in total. The van der Waals surface area contributed by atoms with Crippen LogP contribution in [0.15, 0.2) is 41.3 Å². The third-order valence-electron chi connectivity index (χ3n) is 3.23. The molecule has 0 saturated heterocycles. The molecule has 126 valence electrons. The van der Waals surface area contributed by atoms with Crippen molar-refractivity contribution in [3.63, 3.8) is 0 Å². The normalized spacial score (nSPS) is 10.3. The monoisotopic (exact) mass is 368 g/mol. The summed E-state index contributed by atoms with van der Waals surface area (Å²) in [6, 6.07) is 8.14. The number of aromatic nitrogens is 1. The predicted molar refractivity (Wildman–Crippen MR) is 90.3 cm³/mol. The summed E-state index contributed by atoms with van der Waals surface area (Å²) in [5.41, 5.74) is 0.454. The third-order valence-corrected chi connectivity index (χ3v) is 3.76. The lowest BCUT2D eigenvalue weighted by atomic mass is 10.2. The first kappa shape index (κ1) is 18.0. The average molecular weight is 369 g/mol. The molecule has 0 atom stereocenters. The Kier molecular flexibility index (Phi) is 6.00. The van der Waals surface area contributed by atoms with Gasteiger partial charge in [0.05, 0.1) is 12.7 Å². The van der Waals surface area contributed by atoms with Gasteiger partial charge >= 0.3 is 5.97 Å². The van der Waals surface area contributed by atoms with Gasteiger partial charge in [-0.15, -0.1) is 0 Å². The van der Waals surface area contributed by atoms with Crippen molar-refractivity contribution in [2.45, 2.75) is 6.54 Å². The molecule has 1 amide bonds. The average Bonchev–Trinajstić information content (AvgIpc) is 2.57. The van der Waals surface area contributed by atoms with E-state index in [2.05, 4.69) is 9.72 Å². The number of pyridine rings is 1. The summed E-state index contributed by atoms with van der Waals surface area (Å²) in [6.07, 6.45) is 1.25. The van der Waals surface area contributed by atoms with Crippen molar-refractivity contribution in [1.29, 1.82) is 0 Å². The van der Waals surface area contributed by atoms with Crippen molar-refractivity contribution in [1.82, 2.24) is 9.88 Å². The Morgan fingerprint density at radius 3 is 2.46 bits per heavy atom. The van der Waals surface area contributed by atoms with Gasteiger partial charge in [-0.1, -0.05) is 35.3 Å². The Balaban J connectivity index is 2.28. The largest absolute Gasteiger partial charge is 0.468 e. The van der Waals surface area contributed by atoms with E-state index in [0.29, 0.717) is 5.02 Å². The van der Waals surface area contributed by atoms with Gasteiger partial charge in [0.25, 0.3) is 11.5 Å². The van der Waals surface area contributed by atoms with Gasteiger partial charge in [0.2, 0.25) is 0 Å². The van der Waals surface area contributed by atoms with Gasteiger partial charge in [-0.2, -0.15) is 0 Å². The van der Waals surface area contributed by atoms with Crippen molar-refractivity contribution in [3.8, 4) is 0 Å². The predicted octanol–water partition coefficient (Wildman–Crippen LogP) is 2.50. The molecule has 0 bridgehead atoms. The Bertz CT molecular complexity index is 802. The molecule has 1 aromatic carbocycles. The highest BCUT2D eigenvalue weighted by molar-refractivity contribution is 6.31. The number of carbonyl (C=O) groups is 2. The maximum Gasteiger partial charge on any atom is 0.325 e. The third kappa shape index (κ3) is 4.59. The number of nitrogens with zero attached hydrogens (tertiary/aromatic N) is 1. The van der Waals surface area contributed by atoms with Crippen LogP contribution in [0.2, 0.25) is 10.0 Å². The summed E-state index contributed by atoms with van der Waals surface area (Å²) < 4.78 is 4.63. The van der Waals surface area contributed by atoms with Gasteiger partial charge in [-0.05, 0) is 23.8 Å². The van der Waals surface area contributed by atoms with Crippen LogP contribution in [0.5, 0.6) is 0 Å². The lowest BCUT2D eigenvalue weighted by molar-refractivity contribution is -0.141. The molecule has 1 heterocycles. The van der Waals surface area contributed by atoms with E-state index < -0.39 is 17.4 Å². The number of hydrogen-bond acceptors (Lipinski definition) is 4. The SMILES string of the molecule is COC(=O)CN(Cc1ccc(Cl)cc1)C(=O)c1c[nH]c(=O)c(Cl)c1. The molecule has 0 radical (unpaired) electrons. The van der Waals surface area contributed by atoms with Crippen LogP contribution >= 0.6 is 23.2 Å². The molecule has 0 unspecified atom stereocenters. The van der Waals surface area contributed by atoms with E-state index in [0.717, 1.165) is 5.56 Å². The molecule has 0 aliphatic carbocycles. The second-order valence-corrected chi connectivity index (χ2v) is 5.77. The number of hydrogen-bond donors (Lipinski definition) is 1. The van der Waals surface area contributed by atoms with Crippen molar-refractivity contribution in [3.05, 3.63) is 68.1 Å². The minimum Gasteiger partial charge on any atom is -0.468 e. The summed E-state index contributed by atoms with van der Waals surface area (Å²) in [6.45, 7) is -0.0729. The van der Waals surface area contributed by atoms with Crippen LogP contribution in [0.4, 0.5) is 0 Å². The van der Waals surface area contributed by atoms with E-state index in [1.807, 2.05) is 0 Å². The van der Waals surface area contributed by atoms with Gasteiger partial charge in [-0.3, -0.25) is 14.4 Å². The maximum atomic E-state index is 12.6. The first-order valence-electron chi connectivity index (χ1n) is 6.89. The Morgan fingerprint density at radius 2 is 1.88 bits per heavy atom. The van der Waals surface area contributed by atoms with E-state index in [1.165, 1.54) is 24.3 Å². The molecule has 0 fully saturated rings. The van der Waals surface area contributed by atoms with Gasteiger partial charge < -0.3 is 14.6 Å². The fourth-order valence-corrected chi connectivity index (χ4v) is 2.29. The molecule has 8 heteroatoms. The minimum atomic E-state index is -0.562. The Labute approximate surface area is 147 Å². The number of ether oxygens (including phenoxy) is 1. The van der Waals surface area contributed by atoms with E-state index in [4.69, 9.17) is 23.2 Å². The lowest BCUT2D eigenvalue weighted by Crippen LogP contribution is -2.36. The first-order chi connectivity index (χ1) is 11.4. The molecule has 2 aromatic rings. The lowest BCUT2D eigenvalue weighted by Gasteiger charge is -2.21. The van der Waals surface area contributed by atoms with Crippen molar-refractivity contribution >= 4 is 35.1 Å². The Morgan fingerprint density at radius 1 is 1.21 bits per heavy atom. The first-order valence-corrected chi connectivity index (χ1v) is 7.65. The molecule has 1 aromatic heterocycles. The number of esters is 1. The van der Waals surface area contributed by atoms with E-state index in [9.17, 15) is 14.4 Å². The number of benzene rings is 1. The summed E-state index contributed by atoms with van der Waals surface area (Å²) in [5, 5.41) is 0.461.